The summed E-state index contributed by atoms with van der Waals surface area (Å²) in [5.41, 5.74) is 4.31. The van der Waals surface area contributed by atoms with Crippen LogP contribution >= 0.6 is 0 Å². The van der Waals surface area contributed by atoms with Crippen molar-refractivity contribution in [2.24, 2.45) is 7.05 Å². The number of rotatable bonds is 3. The van der Waals surface area contributed by atoms with Crippen molar-refractivity contribution in [3.8, 4) is 5.75 Å². The van der Waals surface area contributed by atoms with E-state index in [1.807, 2.05) is 54.3 Å². The number of aromatic nitrogens is 3. The Hall–Kier alpha value is -3.41. The van der Waals surface area contributed by atoms with Crippen LogP contribution in [0.2, 0.25) is 0 Å². The molecule has 5 rings (SSSR count). The first-order valence-corrected chi connectivity index (χ1v) is 10.7. The summed E-state index contributed by atoms with van der Waals surface area (Å²) in [6.07, 6.45) is 2.00. The molecule has 0 spiro atoms. The molecule has 0 radical (unpaired) electrons. The number of fused-ring (bicyclic) bond motifs is 2. The van der Waals surface area contributed by atoms with Gasteiger partial charge in [0.2, 0.25) is 0 Å². The maximum atomic E-state index is 13.5. The number of benzene rings is 2. The molecule has 1 aliphatic rings. The van der Waals surface area contributed by atoms with Crippen molar-refractivity contribution in [3.05, 3.63) is 65.6 Å². The second-order valence-corrected chi connectivity index (χ2v) is 8.26. The molecule has 1 aliphatic heterocycles. The number of piperidine rings is 1. The van der Waals surface area contributed by atoms with Crippen LogP contribution < -0.4 is 4.74 Å². The molecule has 2 aromatic heterocycles. The Bertz CT molecular complexity index is 1290. The lowest BCUT2D eigenvalue weighted by molar-refractivity contribution is 0.0702. The summed E-state index contributed by atoms with van der Waals surface area (Å²) in [6.45, 7) is 3.33. The number of ether oxygens (including phenoxy) is 1. The first-order valence-electron chi connectivity index (χ1n) is 10.7. The fourth-order valence-corrected chi connectivity index (χ4v) is 4.72. The van der Waals surface area contributed by atoms with Gasteiger partial charge < -0.3 is 14.2 Å². The van der Waals surface area contributed by atoms with E-state index in [4.69, 9.17) is 14.7 Å². The summed E-state index contributed by atoms with van der Waals surface area (Å²) in [4.78, 5) is 25.0. The second kappa shape index (κ2) is 7.69. The fraction of sp³-hybridized carbons (Fsp3) is 0.320. The van der Waals surface area contributed by atoms with Gasteiger partial charge in [0, 0.05) is 31.4 Å². The van der Waals surface area contributed by atoms with Crippen LogP contribution in [0, 0.1) is 6.92 Å². The molecule has 1 amide bonds. The zero-order chi connectivity index (χ0) is 21.5. The molecule has 0 saturated carbocycles. The number of hydrogen-bond donors (Lipinski definition) is 0. The lowest BCUT2D eigenvalue weighted by Gasteiger charge is -2.32. The minimum absolute atomic E-state index is 0.0400. The quantitative estimate of drug-likeness (QED) is 0.497. The van der Waals surface area contributed by atoms with E-state index in [1.54, 1.807) is 7.11 Å². The zero-order valence-corrected chi connectivity index (χ0v) is 18.1. The molecule has 0 bridgehead atoms. The number of methoxy groups -OCH3 is 1. The van der Waals surface area contributed by atoms with Gasteiger partial charge in [-0.3, -0.25) is 4.79 Å². The normalized spacial score (nSPS) is 16.7. The van der Waals surface area contributed by atoms with Gasteiger partial charge in [-0.2, -0.15) is 0 Å². The molecular formula is C25H26N4O2. The average Bonchev–Trinajstić information content (AvgIpc) is 3.14. The first kappa shape index (κ1) is 19.5. The molecule has 6 heteroatoms. The third-order valence-corrected chi connectivity index (χ3v) is 6.35. The van der Waals surface area contributed by atoms with Gasteiger partial charge in [0.25, 0.3) is 5.91 Å². The predicted molar refractivity (Wildman–Crippen MR) is 122 cm³/mol. The molecule has 158 valence electrons. The molecule has 6 nitrogen and oxygen atoms in total. The van der Waals surface area contributed by atoms with E-state index >= 15 is 0 Å². The third kappa shape index (κ3) is 3.32. The standard InChI is InChI=1S/C25H26N4O2/c1-16-19(14-17-8-6-12-22(31-3)23(17)26-16)25(30)29-13-7-9-18(15-29)24-27-20-10-4-5-11-21(20)28(24)2/h4-6,8,10-12,14,18H,7,9,13,15H2,1-3H3/t18-/m0/s1. The smallest absolute Gasteiger partial charge is 0.255 e. The number of carbonyl (C=O) groups is 1. The number of pyridine rings is 1. The van der Waals surface area contributed by atoms with Gasteiger partial charge in [-0.15, -0.1) is 0 Å². The largest absolute Gasteiger partial charge is 0.494 e. The number of carbonyl (C=O) groups excluding carboxylic acids is 1. The van der Waals surface area contributed by atoms with Crippen LogP contribution in [0.5, 0.6) is 5.75 Å². The van der Waals surface area contributed by atoms with Crippen molar-refractivity contribution in [1.82, 2.24) is 19.4 Å². The Labute approximate surface area is 181 Å². The van der Waals surface area contributed by atoms with Crippen LogP contribution in [-0.4, -0.2) is 45.5 Å². The molecular weight excluding hydrogens is 388 g/mol. The Kier molecular flexibility index (Phi) is 4.85. The number of aryl methyl sites for hydroxylation is 2. The third-order valence-electron chi connectivity index (χ3n) is 6.35. The van der Waals surface area contributed by atoms with Crippen LogP contribution in [0.25, 0.3) is 21.9 Å². The molecule has 0 aliphatic carbocycles. The van der Waals surface area contributed by atoms with E-state index in [0.717, 1.165) is 58.6 Å². The molecule has 1 fully saturated rings. The Morgan fingerprint density at radius 3 is 2.77 bits per heavy atom. The molecule has 0 N–H and O–H groups in total. The van der Waals surface area contributed by atoms with Crippen molar-refractivity contribution in [3.63, 3.8) is 0 Å². The van der Waals surface area contributed by atoms with Gasteiger partial charge in [0.15, 0.2) is 0 Å². The summed E-state index contributed by atoms with van der Waals surface area (Å²) in [7, 11) is 3.70. The van der Waals surface area contributed by atoms with Crippen LogP contribution in [0.3, 0.4) is 0 Å². The van der Waals surface area contributed by atoms with Gasteiger partial charge in [0.05, 0.1) is 29.4 Å². The highest BCUT2D eigenvalue weighted by atomic mass is 16.5. The fourth-order valence-electron chi connectivity index (χ4n) is 4.72. The topological polar surface area (TPSA) is 60.2 Å². The van der Waals surface area contributed by atoms with E-state index in [0.29, 0.717) is 12.1 Å². The molecule has 2 aromatic carbocycles. The number of nitrogens with zero attached hydrogens (tertiary/aromatic N) is 4. The molecule has 0 unspecified atom stereocenters. The molecule has 31 heavy (non-hydrogen) atoms. The van der Waals surface area contributed by atoms with Crippen LogP contribution in [0.1, 0.15) is 40.6 Å². The van der Waals surface area contributed by atoms with Gasteiger partial charge >= 0.3 is 0 Å². The lowest BCUT2D eigenvalue weighted by atomic mass is 9.96. The van der Waals surface area contributed by atoms with E-state index in [-0.39, 0.29) is 11.8 Å². The van der Waals surface area contributed by atoms with E-state index in [9.17, 15) is 4.79 Å². The van der Waals surface area contributed by atoms with Gasteiger partial charge in [-0.25, -0.2) is 9.97 Å². The van der Waals surface area contributed by atoms with E-state index < -0.39 is 0 Å². The molecule has 1 saturated heterocycles. The monoisotopic (exact) mass is 414 g/mol. The van der Waals surface area contributed by atoms with Crippen LogP contribution in [0.15, 0.2) is 48.5 Å². The predicted octanol–water partition coefficient (Wildman–Crippen LogP) is 4.46. The van der Waals surface area contributed by atoms with E-state index in [1.165, 1.54) is 0 Å². The summed E-state index contributed by atoms with van der Waals surface area (Å²) in [5.74, 6) is 2.04. The molecule has 4 aromatic rings. The van der Waals surface area contributed by atoms with Crippen molar-refractivity contribution in [1.29, 1.82) is 0 Å². The van der Waals surface area contributed by atoms with Crippen molar-refractivity contribution in [2.75, 3.05) is 20.2 Å². The number of imidazole rings is 1. The minimum Gasteiger partial charge on any atom is -0.494 e. The summed E-state index contributed by atoms with van der Waals surface area (Å²) in [5, 5.41) is 0.914. The second-order valence-electron chi connectivity index (χ2n) is 8.26. The number of para-hydroxylation sites is 3. The summed E-state index contributed by atoms with van der Waals surface area (Å²) >= 11 is 0. The van der Waals surface area contributed by atoms with Crippen LogP contribution in [-0.2, 0) is 7.05 Å². The Morgan fingerprint density at radius 1 is 1.13 bits per heavy atom. The van der Waals surface area contributed by atoms with Crippen molar-refractivity contribution >= 4 is 27.8 Å². The number of likely N-dealkylation sites (tertiary alicyclic amines) is 1. The lowest BCUT2D eigenvalue weighted by Crippen LogP contribution is -2.40. The molecule has 3 heterocycles. The maximum absolute atomic E-state index is 13.5. The average molecular weight is 415 g/mol. The highest BCUT2D eigenvalue weighted by molar-refractivity contribution is 5.99. The van der Waals surface area contributed by atoms with Crippen molar-refractivity contribution in [2.45, 2.75) is 25.7 Å². The molecule has 1 atom stereocenters. The summed E-state index contributed by atoms with van der Waals surface area (Å²) < 4.78 is 7.60. The number of amides is 1. The van der Waals surface area contributed by atoms with Gasteiger partial charge in [0.1, 0.15) is 17.1 Å². The Balaban J connectivity index is 1.45. The van der Waals surface area contributed by atoms with E-state index in [2.05, 4.69) is 17.7 Å². The summed E-state index contributed by atoms with van der Waals surface area (Å²) in [6, 6.07) is 15.9. The minimum atomic E-state index is 0.0400. The van der Waals surface area contributed by atoms with Gasteiger partial charge in [-0.1, -0.05) is 24.3 Å². The number of hydrogen-bond acceptors (Lipinski definition) is 4. The maximum Gasteiger partial charge on any atom is 0.255 e. The van der Waals surface area contributed by atoms with Crippen molar-refractivity contribution < 1.29 is 9.53 Å². The first-order chi connectivity index (χ1) is 15.1. The zero-order valence-electron chi connectivity index (χ0n) is 18.1. The Morgan fingerprint density at radius 2 is 1.97 bits per heavy atom. The highest BCUT2D eigenvalue weighted by Gasteiger charge is 2.29. The van der Waals surface area contributed by atoms with Gasteiger partial charge in [-0.05, 0) is 44.0 Å². The van der Waals surface area contributed by atoms with Crippen LogP contribution in [0.4, 0.5) is 0 Å². The highest BCUT2D eigenvalue weighted by Crippen LogP contribution is 2.31. The SMILES string of the molecule is COc1cccc2cc(C(=O)N3CCC[C@H](c4nc5ccccc5n4C)C3)c(C)nc12.